The number of carbonyl (C=O) groups excluding carboxylic acids is 3. The quantitative estimate of drug-likeness (QED) is 0.379. The molecular formula is C18H21ClO6Se. The summed E-state index contributed by atoms with van der Waals surface area (Å²) in [5.74, 6) is -1.63. The average molecular weight is 448 g/mol. The van der Waals surface area contributed by atoms with E-state index in [-0.39, 0.29) is 24.7 Å². The number of carbonyl (C=O) groups is 3. The first kappa shape index (κ1) is 20.7. The molecule has 2 rings (SSSR count). The van der Waals surface area contributed by atoms with E-state index in [1.165, 1.54) is 6.07 Å². The van der Waals surface area contributed by atoms with E-state index in [1.54, 1.807) is 32.0 Å². The van der Waals surface area contributed by atoms with Crippen LogP contribution in [0.15, 0.2) is 24.3 Å². The van der Waals surface area contributed by atoms with Crippen molar-refractivity contribution >= 4 is 44.5 Å². The molecule has 0 aromatic heterocycles. The maximum absolute atomic E-state index is 12.6. The molecule has 1 aliphatic heterocycles. The second-order valence-electron chi connectivity index (χ2n) is 5.62. The Kier molecular flexibility index (Phi) is 7.50. The molecule has 1 aromatic carbocycles. The van der Waals surface area contributed by atoms with Crippen LogP contribution in [0.2, 0.25) is 9.84 Å². The predicted molar refractivity (Wildman–Crippen MR) is 96.2 cm³/mol. The first-order valence-electron chi connectivity index (χ1n) is 8.42. The molecule has 26 heavy (non-hydrogen) atoms. The average Bonchev–Trinajstić information content (AvgIpc) is 2.62. The van der Waals surface area contributed by atoms with Gasteiger partial charge in [-0.1, -0.05) is 0 Å². The van der Waals surface area contributed by atoms with Crippen molar-refractivity contribution in [2.75, 3.05) is 13.2 Å². The van der Waals surface area contributed by atoms with E-state index in [1.807, 2.05) is 0 Å². The zero-order valence-corrected chi connectivity index (χ0v) is 17.1. The van der Waals surface area contributed by atoms with E-state index in [0.717, 1.165) is 0 Å². The molecule has 0 radical (unpaired) electrons. The van der Waals surface area contributed by atoms with Crippen LogP contribution < -0.4 is 0 Å². The van der Waals surface area contributed by atoms with E-state index in [4.69, 9.17) is 25.8 Å². The van der Waals surface area contributed by atoms with Gasteiger partial charge in [0.05, 0.1) is 0 Å². The Morgan fingerprint density at radius 3 is 2.62 bits per heavy atom. The van der Waals surface area contributed by atoms with Crippen LogP contribution in [0.4, 0.5) is 0 Å². The molecule has 0 saturated carbocycles. The molecular weight excluding hydrogens is 427 g/mol. The first-order valence-corrected chi connectivity index (χ1v) is 10.6. The van der Waals surface area contributed by atoms with Gasteiger partial charge in [0.2, 0.25) is 0 Å². The first-order chi connectivity index (χ1) is 12.4. The minimum atomic E-state index is -1.43. The van der Waals surface area contributed by atoms with E-state index in [9.17, 15) is 14.4 Å². The van der Waals surface area contributed by atoms with Gasteiger partial charge in [0.25, 0.3) is 0 Å². The summed E-state index contributed by atoms with van der Waals surface area (Å²) < 4.78 is 14.4. The summed E-state index contributed by atoms with van der Waals surface area (Å²) in [6.45, 7) is 3.84. The Morgan fingerprint density at radius 1 is 1.23 bits per heavy atom. The van der Waals surface area contributed by atoms with E-state index in [0.29, 0.717) is 24.3 Å². The summed E-state index contributed by atoms with van der Waals surface area (Å²) in [6.07, 6.45) is 1.50. The molecule has 0 N–H and O–H groups in total. The van der Waals surface area contributed by atoms with Gasteiger partial charge in [-0.3, -0.25) is 0 Å². The van der Waals surface area contributed by atoms with Crippen molar-refractivity contribution in [3.05, 3.63) is 34.9 Å². The van der Waals surface area contributed by atoms with Crippen molar-refractivity contribution in [2.24, 2.45) is 0 Å². The number of halogens is 1. The molecule has 8 heteroatoms. The van der Waals surface area contributed by atoms with Crippen molar-refractivity contribution in [3.8, 4) is 0 Å². The van der Waals surface area contributed by atoms with Gasteiger partial charge in [-0.25, -0.2) is 0 Å². The van der Waals surface area contributed by atoms with Crippen molar-refractivity contribution in [3.63, 3.8) is 0 Å². The molecule has 142 valence electrons. The Labute approximate surface area is 163 Å². The number of rotatable bonds is 6. The summed E-state index contributed by atoms with van der Waals surface area (Å²) in [5, 5.41) is 0.392. The standard InChI is InChI=1S/C18H21ClO6Se/c1-3-23-16(21)14-9-6-10-18(26-14,17(22)24-4-2)25-15(20)12-7-5-8-13(19)11-12/h5,7-8,11,14H,3-4,6,9-10H2,1-2H3. The van der Waals surface area contributed by atoms with Crippen LogP contribution in [0, 0.1) is 0 Å². The van der Waals surface area contributed by atoms with Crippen molar-refractivity contribution < 1.29 is 28.6 Å². The monoisotopic (exact) mass is 448 g/mol. The maximum atomic E-state index is 12.6. The van der Waals surface area contributed by atoms with Gasteiger partial charge in [0.15, 0.2) is 0 Å². The second-order valence-corrected chi connectivity index (χ2v) is 9.13. The molecule has 2 atom stereocenters. The fourth-order valence-corrected chi connectivity index (χ4v) is 5.83. The van der Waals surface area contributed by atoms with Crippen LogP contribution in [0.1, 0.15) is 43.5 Å². The van der Waals surface area contributed by atoms with Crippen LogP contribution in [0.25, 0.3) is 0 Å². The molecule has 1 fully saturated rings. The van der Waals surface area contributed by atoms with E-state index < -0.39 is 36.2 Å². The molecule has 0 spiro atoms. The van der Waals surface area contributed by atoms with Crippen molar-refractivity contribution in [1.29, 1.82) is 0 Å². The molecule has 1 aromatic rings. The normalized spacial score (nSPS) is 22.3. The molecule has 1 heterocycles. The molecule has 1 saturated heterocycles. The number of ether oxygens (including phenoxy) is 3. The van der Waals surface area contributed by atoms with E-state index in [2.05, 4.69) is 0 Å². The molecule has 0 amide bonds. The van der Waals surface area contributed by atoms with Gasteiger partial charge in [-0.15, -0.1) is 0 Å². The Balaban J connectivity index is 2.25. The van der Waals surface area contributed by atoms with Crippen LogP contribution in [-0.4, -0.2) is 50.6 Å². The van der Waals surface area contributed by atoms with Crippen LogP contribution >= 0.6 is 11.6 Å². The van der Waals surface area contributed by atoms with Crippen LogP contribution in [0.3, 0.4) is 0 Å². The summed E-state index contributed by atoms with van der Waals surface area (Å²) in [5.41, 5.74) is 0.246. The summed E-state index contributed by atoms with van der Waals surface area (Å²) in [7, 11) is 0. The third kappa shape index (κ3) is 5.00. The van der Waals surface area contributed by atoms with Crippen LogP contribution in [0.5, 0.6) is 0 Å². The Morgan fingerprint density at radius 2 is 1.96 bits per heavy atom. The molecule has 1 aliphatic rings. The van der Waals surface area contributed by atoms with Crippen LogP contribution in [-0.2, 0) is 23.8 Å². The topological polar surface area (TPSA) is 78.9 Å². The Hall–Kier alpha value is -1.56. The number of hydrogen-bond donors (Lipinski definition) is 0. The number of hydrogen-bond acceptors (Lipinski definition) is 6. The van der Waals surface area contributed by atoms with Gasteiger partial charge < -0.3 is 0 Å². The summed E-state index contributed by atoms with van der Waals surface area (Å²) in [4.78, 5) is 36.9. The Bertz CT molecular complexity index is 679. The molecule has 6 nitrogen and oxygen atoms in total. The van der Waals surface area contributed by atoms with Crippen molar-refractivity contribution in [1.82, 2.24) is 0 Å². The van der Waals surface area contributed by atoms with Gasteiger partial charge in [-0.05, 0) is 0 Å². The fraction of sp³-hybridized carbons (Fsp3) is 0.500. The summed E-state index contributed by atoms with van der Waals surface area (Å²) >= 11 is 5.28. The van der Waals surface area contributed by atoms with Crippen molar-refractivity contribution in [2.45, 2.75) is 42.4 Å². The van der Waals surface area contributed by atoms with Gasteiger partial charge in [0, 0.05) is 0 Å². The SMILES string of the molecule is CCOC(=O)C1CCCC(OC(=O)c2cccc(Cl)c2)(C(=O)OCC)[Se]1. The summed E-state index contributed by atoms with van der Waals surface area (Å²) in [6, 6.07) is 6.30. The third-order valence-corrected chi connectivity index (χ3v) is 7.24. The third-order valence-electron chi connectivity index (χ3n) is 3.76. The fourth-order valence-electron chi connectivity index (χ4n) is 2.60. The number of benzene rings is 1. The van der Waals surface area contributed by atoms with Gasteiger partial charge in [-0.2, -0.15) is 0 Å². The molecule has 0 aliphatic carbocycles. The zero-order valence-electron chi connectivity index (χ0n) is 14.7. The zero-order chi connectivity index (χ0) is 19.2. The molecule has 2 unspecified atom stereocenters. The minimum absolute atomic E-state index is 0.162. The van der Waals surface area contributed by atoms with Gasteiger partial charge in [0.1, 0.15) is 0 Å². The van der Waals surface area contributed by atoms with E-state index >= 15 is 0 Å². The predicted octanol–water partition coefficient (Wildman–Crippen LogP) is 3.00. The number of esters is 3. The van der Waals surface area contributed by atoms with Gasteiger partial charge >= 0.3 is 164 Å². The molecule has 0 bridgehead atoms. The second kappa shape index (κ2) is 9.40.